The van der Waals surface area contributed by atoms with Gasteiger partial charge in [-0.15, -0.1) is 0 Å². The van der Waals surface area contributed by atoms with Crippen LogP contribution in [0.2, 0.25) is 0 Å². The number of nitrogens with one attached hydrogen (secondary N) is 1. The van der Waals surface area contributed by atoms with Crippen molar-refractivity contribution >= 4 is 26.7 Å². The predicted octanol–water partition coefficient (Wildman–Crippen LogP) is 2.18. The van der Waals surface area contributed by atoms with E-state index in [4.69, 9.17) is 5.73 Å². The maximum atomic E-state index is 12.8. The zero-order valence-electron chi connectivity index (χ0n) is 15.2. The number of nitrogens with zero attached hydrogens (tertiary/aromatic N) is 2. The fourth-order valence-electron chi connectivity index (χ4n) is 3.78. The predicted molar refractivity (Wildman–Crippen MR) is 105 cm³/mol. The first kappa shape index (κ1) is 18.0. The van der Waals surface area contributed by atoms with E-state index in [9.17, 15) is 13.5 Å². The van der Waals surface area contributed by atoms with Gasteiger partial charge in [0.25, 0.3) is 0 Å². The van der Waals surface area contributed by atoms with Crippen LogP contribution in [-0.4, -0.2) is 47.2 Å². The Hall–Kier alpha value is -2.42. The van der Waals surface area contributed by atoms with Gasteiger partial charge in [-0.05, 0) is 60.7 Å². The van der Waals surface area contributed by atoms with Crippen molar-refractivity contribution in [1.82, 2.24) is 14.5 Å². The molecule has 1 aliphatic rings. The number of benzene rings is 2. The van der Waals surface area contributed by atoms with E-state index in [1.165, 1.54) is 4.31 Å². The maximum Gasteiger partial charge on any atom is 0.243 e. The van der Waals surface area contributed by atoms with Crippen LogP contribution in [0.25, 0.3) is 22.0 Å². The van der Waals surface area contributed by atoms with E-state index in [0.29, 0.717) is 18.8 Å². The number of hydrogen-bond donors (Lipinski definition) is 3. The lowest BCUT2D eigenvalue weighted by Gasteiger charge is -2.17. The second-order valence-electron chi connectivity index (χ2n) is 7.05. The summed E-state index contributed by atoms with van der Waals surface area (Å²) in [6.45, 7) is 4.38. The number of aromatic nitrogens is 2. The highest BCUT2D eigenvalue weighted by molar-refractivity contribution is 7.89. The second kappa shape index (κ2) is 6.33. The monoisotopic (exact) mass is 386 g/mol. The summed E-state index contributed by atoms with van der Waals surface area (Å²) in [5.74, 6) is 0.453. The van der Waals surface area contributed by atoms with Gasteiger partial charge in [0, 0.05) is 18.5 Å². The van der Waals surface area contributed by atoms with E-state index in [1.807, 2.05) is 32.0 Å². The number of anilines is 1. The van der Waals surface area contributed by atoms with Crippen molar-refractivity contribution in [2.75, 3.05) is 18.8 Å². The molecule has 4 N–H and O–H groups in total. The molecule has 142 valence electrons. The molecule has 7 nitrogen and oxygen atoms in total. The van der Waals surface area contributed by atoms with Crippen molar-refractivity contribution < 1.29 is 13.5 Å². The average molecular weight is 386 g/mol. The Morgan fingerprint density at radius 3 is 2.63 bits per heavy atom. The molecule has 2 aromatic carbocycles. The molecule has 1 atom stereocenters. The van der Waals surface area contributed by atoms with E-state index in [2.05, 4.69) is 10.2 Å². The van der Waals surface area contributed by atoms with Crippen LogP contribution in [0.4, 0.5) is 5.82 Å². The summed E-state index contributed by atoms with van der Waals surface area (Å²) in [6.07, 6.45) is -0.114. The van der Waals surface area contributed by atoms with Crippen LogP contribution in [0.5, 0.6) is 0 Å². The molecule has 1 unspecified atom stereocenters. The maximum absolute atomic E-state index is 12.8. The molecular formula is C19H22N4O3S. The number of fused-ring (bicyclic) bond motifs is 1. The summed E-state index contributed by atoms with van der Waals surface area (Å²) in [7, 11) is -3.60. The zero-order chi connectivity index (χ0) is 19.3. The van der Waals surface area contributed by atoms with Gasteiger partial charge in [-0.25, -0.2) is 8.42 Å². The standard InChI is InChI=1S/C19H22N4O3S/c1-11-9-14(27(25,26)23-8-7-13(24)10-23)3-4-15(11)16-5-6-17-18(12(16)2)19(20)22-21-17/h3-6,9,13,24H,7-8,10H2,1-2H3,(H3,20,21,22). The summed E-state index contributed by atoms with van der Waals surface area (Å²) < 4.78 is 27.0. The molecule has 0 aliphatic carbocycles. The van der Waals surface area contributed by atoms with Crippen LogP contribution < -0.4 is 5.73 Å². The molecule has 4 rings (SSSR count). The Balaban J connectivity index is 1.77. The van der Waals surface area contributed by atoms with Crippen molar-refractivity contribution in [3.63, 3.8) is 0 Å². The highest BCUT2D eigenvalue weighted by Gasteiger charge is 2.31. The van der Waals surface area contributed by atoms with E-state index in [-0.39, 0.29) is 11.4 Å². The summed E-state index contributed by atoms with van der Waals surface area (Å²) in [5, 5.41) is 17.5. The van der Waals surface area contributed by atoms with Crippen molar-refractivity contribution in [2.45, 2.75) is 31.3 Å². The Labute approximate surface area is 157 Å². The third kappa shape index (κ3) is 2.90. The smallest absolute Gasteiger partial charge is 0.243 e. The van der Waals surface area contributed by atoms with Gasteiger partial charge in [-0.2, -0.15) is 9.40 Å². The van der Waals surface area contributed by atoms with Crippen molar-refractivity contribution in [3.8, 4) is 11.1 Å². The molecule has 1 aromatic heterocycles. The van der Waals surface area contributed by atoms with Gasteiger partial charge < -0.3 is 10.8 Å². The molecule has 1 aliphatic heterocycles. The van der Waals surface area contributed by atoms with Crippen LogP contribution in [0.3, 0.4) is 0 Å². The van der Waals surface area contributed by atoms with Crippen molar-refractivity contribution in [2.24, 2.45) is 0 Å². The number of aryl methyl sites for hydroxylation is 2. The van der Waals surface area contributed by atoms with Gasteiger partial charge in [-0.3, -0.25) is 5.10 Å². The van der Waals surface area contributed by atoms with Crippen LogP contribution >= 0.6 is 0 Å². The number of nitrogen functional groups attached to an aromatic ring is 1. The minimum Gasteiger partial charge on any atom is -0.392 e. The molecule has 2 heterocycles. The normalized spacial score (nSPS) is 18.4. The minimum absolute atomic E-state index is 0.151. The van der Waals surface area contributed by atoms with E-state index < -0.39 is 16.1 Å². The first-order chi connectivity index (χ1) is 12.8. The number of aliphatic hydroxyl groups excluding tert-OH is 1. The Kier molecular flexibility index (Phi) is 4.21. The van der Waals surface area contributed by atoms with Crippen LogP contribution in [0, 0.1) is 13.8 Å². The SMILES string of the molecule is Cc1cc(S(=O)(=O)N2CCC(O)C2)ccc1-c1ccc2[nH]nc(N)c2c1C. The number of aliphatic hydroxyl groups is 1. The van der Waals surface area contributed by atoms with E-state index in [0.717, 1.165) is 33.2 Å². The van der Waals surface area contributed by atoms with Gasteiger partial charge in [0.05, 0.1) is 16.5 Å². The minimum atomic E-state index is -3.60. The number of nitrogens with two attached hydrogens (primary N) is 1. The highest BCUT2D eigenvalue weighted by Crippen LogP contribution is 2.34. The molecule has 0 radical (unpaired) electrons. The molecule has 0 bridgehead atoms. The number of sulfonamides is 1. The first-order valence-corrected chi connectivity index (χ1v) is 10.3. The Morgan fingerprint density at radius 1 is 1.22 bits per heavy atom. The molecule has 8 heteroatoms. The summed E-state index contributed by atoms with van der Waals surface area (Å²) in [6, 6.07) is 9.07. The van der Waals surface area contributed by atoms with Crippen molar-refractivity contribution in [3.05, 3.63) is 41.5 Å². The van der Waals surface area contributed by atoms with E-state index in [1.54, 1.807) is 12.1 Å². The Bertz CT molecular complexity index is 1140. The average Bonchev–Trinajstić information content (AvgIpc) is 3.22. The number of H-pyrrole nitrogens is 1. The molecule has 0 amide bonds. The lowest BCUT2D eigenvalue weighted by Crippen LogP contribution is -2.29. The summed E-state index contributed by atoms with van der Waals surface area (Å²) >= 11 is 0. The van der Waals surface area contributed by atoms with Gasteiger partial charge in [-0.1, -0.05) is 12.1 Å². The molecule has 0 spiro atoms. The molecular weight excluding hydrogens is 364 g/mol. The van der Waals surface area contributed by atoms with Gasteiger partial charge in [0.15, 0.2) is 5.82 Å². The topological polar surface area (TPSA) is 112 Å². The van der Waals surface area contributed by atoms with Crippen LogP contribution in [0.1, 0.15) is 17.5 Å². The first-order valence-electron chi connectivity index (χ1n) is 8.81. The molecule has 1 saturated heterocycles. The largest absolute Gasteiger partial charge is 0.392 e. The lowest BCUT2D eigenvalue weighted by atomic mass is 9.94. The molecule has 1 fully saturated rings. The number of hydrogen-bond acceptors (Lipinski definition) is 5. The van der Waals surface area contributed by atoms with Gasteiger partial charge in [0.1, 0.15) is 0 Å². The van der Waals surface area contributed by atoms with E-state index >= 15 is 0 Å². The number of β-amino-alcohol motifs (C(OH)–C–C–N with tert-alkyl or cyclic N) is 1. The Morgan fingerprint density at radius 2 is 1.96 bits per heavy atom. The summed E-state index contributed by atoms with van der Waals surface area (Å²) in [4.78, 5) is 0.249. The quantitative estimate of drug-likeness (QED) is 0.639. The molecule has 0 saturated carbocycles. The highest BCUT2D eigenvalue weighted by atomic mass is 32.2. The molecule has 27 heavy (non-hydrogen) atoms. The fourth-order valence-corrected chi connectivity index (χ4v) is 5.36. The van der Waals surface area contributed by atoms with Crippen molar-refractivity contribution in [1.29, 1.82) is 0 Å². The van der Waals surface area contributed by atoms with Gasteiger partial charge >= 0.3 is 0 Å². The third-order valence-corrected chi connectivity index (χ3v) is 7.13. The fraction of sp³-hybridized carbons (Fsp3) is 0.316. The second-order valence-corrected chi connectivity index (χ2v) is 8.99. The number of aromatic amines is 1. The summed E-state index contributed by atoms with van der Waals surface area (Å²) in [5.41, 5.74) is 10.7. The van der Waals surface area contributed by atoms with Crippen LogP contribution in [-0.2, 0) is 10.0 Å². The third-order valence-electron chi connectivity index (χ3n) is 5.27. The molecule has 3 aromatic rings. The number of rotatable bonds is 3. The van der Waals surface area contributed by atoms with Crippen LogP contribution in [0.15, 0.2) is 35.2 Å². The van der Waals surface area contributed by atoms with Gasteiger partial charge in [0.2, 0.25) is 10.0 Å². The zero-order valence-corrected chi connectivity index (χ0v) is 16.0. The lowest BCUT2D eigenvalue weighted by molar-refractivity contribution is 0.189.